The number of rotatable bonds is 4. The molecule has 3 heteroatoms. The standard InChI is InChI=1S/C13H10.2C8H11.2ClH.Ti/c1-3-7-12(8-4-1)11-13-9-5-2-6-10-13;2*1-6-4-5-7(2)8(6)3;;;/h1-10H;2*4H2,1-3H3;2*1H;. The second-order valence-corrected chi connectivity index (χ2v) is 12.7. The Hall–Kier alpha value is -1.44. The molecular weight excluding hydrogens is 467 g/mol. The zero-order chi connectivity index (χ0) is 21.4. The van der Waals surface area contributed by atoms with Gasteiger partial charge in [0.05, 0.1) is 0 Å². The van der Waals surface area contributed by atoms with Crippen LogP contribution in [0.1, 0.15) is 65.5 Å². The summed E-state index contributed by atoms with van der Waals surface area (Å²) < 4.78 is 5.12. The van der Waals surface area contributed by atoms with E-state index < -0.39 is 17.4 Å². The van der Waals surface area contributed by atoms with Crippen molar-refractivity contribution in [3.05, 3.63) is 113 Å². The Morgan fingerprint density at radius 2 is 0.875 bits per heavy atom. The number of benzene rings is 2. The van der Waals surface area contributed by atoms with E-state index in [1.54, 1.807) is 33.9 Å². The normalized spacial score (nSPS) is 15.8. The molecule has 0 atom stereocenters. The van der Waals surface area contributed by atoms with Crippen molar-refractivity contribution in [3.8, 4) is 0 Å². The van der Waals surface area contributed by atoms with E-state index in [1.165, 1.54) is 22.3 Å². The minimum Gasteiger partial charge on any atom is -0.147 e. The average molecular weight is 501 g/mol. The Morgan fingerprint density at radius 3 is 1.16 bits per heavy atom. The summed E-state index contributed by atoms with van der Waals surface area (Å²) in [6.45, 7) is 14.1. The molecular formula is C29H34Cl2Ti. The van der Waals surface area contributed by atoms with Crippen molar-refractivity contribution in [3.63, 3.8) is 0 Å². The second-order valence-electron chi connectivity index (χ2n) is 8.85. The SMILES string of the molecule is CC1=C(C)C(C)=[C]([Ti]([C]2=C(C)C(C)=C(C)C2)=[C](c2ccccc2)c2ccccc2)C1.Cl.Cl. The molecule has 2 aromatic carbocycles. The van der Waals surface area contributed by atoms with E-state index in [2.05, 4.69) is 102 Å². The Bertz CT molecular complexity index is 1070. The predicted octanol–water partition coefficient (Wildman–Crippen LogP) is 8.75. The van der Waals surface area contributed by atoms with Crippen LogP contribution in [-0.2, 0) is 17.4 Å². The van der Waals surface area contributed by atoms with Crippen LogP contribution in [0.15, 0.2) is 102 Å². The van der Waals surface area contributed by atoms with Crippen LogP contribution in [0.4, 0.5) is 0 Å². The van der Waals surface area contributed by atoms with Gasteiger partial charge >= 0.3 is 189 Å². The number of hydrogen-bond acceptors (Lipinski definition) is 0. The second kappa shape index (κ2) is 11.1. The fourth-order valence-electron chi connectivity index (χ4n) is 4.85. The van der Waals surface area contributed by atoms with Crippen LogP contribution >= 0.6 is 24.8 Å². The van der Waals surface area contributed by atoms with Gasteiger partial charge in [-0.05, 0) is 0 Å². The minimum atomic E-state index is -1.96. The Morgan fingerprint density at radius 1 is 0.531 bits per heavy atom. The van der Waals surface area contributed by atoms with E-state index in [4.69, 9.17) is 0 Å². The molecule has 2 aliphatic rings. The van der Waals surface area contributed by atoms with Gasteiger partial charge in [-0.25, -0.2) is 0 Å². The van der Waals surface area contributed by atoms with Gasteiger partial charge in [-0.3, -0.25) is 0 Å². The maximum absolute atomic E-state index is 2.37. The molecule has 0 aliphatic heterocycles. The van der Waals surface area contributed by atoms with Crippen LogP contribution in [0.25, 0.3) is 0 Å². The van der Waals surface area contributed by atoms with Crippen molar-refractivity contribution < 1.29 is 17.4 Å². The van der Waals surface area contributed by atoms with Gasteiger partial charge in [0.25, 0.3) is 0 Å². The summed E-state index contributed by atoms with van der Waals surface area (Å²) in [5.41, 5.74) is 12.1. The predicted molar refractivity (Wildman–Crippen MR) is 142 cm³/mol. The third-order valence-corrected chi connectivity index (χ3v) is 12.5. The summed E-state index contributed by atoms with van der Waals surface area (Å²) >= 11 is -1.96. The molecule has 0 N–H and O–H groups in total. The van der Waals surface area contributed by atoms with Crippen LogP contribution in [0.5, 0.6) is 0 Å². The largest absolute Gasteiger partial charge is 0.147 e. The average Bonchev–Trinajstić information content (AvgIpc) is 3.17. The minimum absolute atomic E-state index is 0. The zero-order valence-electron chi connectivity index (χ0n) is 20.0. The first-order valence-corrected chi connectivity index (χ1v) is 13.3. The van der Waals surface area contributed by atoms with Crippen molar-refractivity contribution in [2.24, 2.45) is 0 Å². The number of hydrogen-bond donors (Lipinski definition) is 0. The van der Waals surface area contributed by atoms with E-state index in [9.17, 15) is 0 Å². The molecule has 0 spiro atoms. The van der Waals surface area contributed by atoms with Gasteiger partial charge < -0.3 is 0 Å². The maximum atomic E-state index is 2.37. The third kappa shape index (κ3) is 4.90. The Balaban J connectivity index is 0.00000181. The molecule has 0 saturated carbocycles. The Kier molecular flexibility index (Phi) is 9.32. The molecule has 0 unspecified atom stereocenters. The van der Waals surface area contributed by atoms with Gasteiger partial charge in [-0.1, -0.05) is 0 Å². The van der Waals surface area contributed by atoms with Gasteiger partial charge in [0, 0.05) is 0 Å². The number of halogens is 2. The van der Waals surface area contributed by atoms with Crippen molar-refractivity contribution in [2.75, 3.05) is 0 Å². The number of allylic oxidation sites excluding steroid dienone is 8. The summed E-state index contributed by atoms with van der Waals surface area (Å²) in [7, 11) is 0. The first-order chi connectivity index (χ1) is 14.4. The van der Waals surface area contributed by atoms with Crippen LogP contribution in [0.2, 0.25) is 0 Å². The molecule has 0 amide bonds. The van der Waals surface area contributed by atoms with E-state index in [-0.39, 0.29) is 24.8 Å². The topological polar surface area (TPSA) is 0 Å². The molecule has 168 valence electrons. The molecule has 0 radical (unpaired) electrons. The molecule has 2 aliphatic carbocycles. The van der Waals surface area contributed by atoms with Crippen LogP contribution in [-0.4, -0.2) is 3.81 Å². The van der Waals surface area contributed by atoms with Gasteiger partial charge in [-0.15, -0.1) is 24.8 Å². The third-order valence-electron chi connectivity index (χ3n) is 7.17. The Labute approximate surface area is 212 Å². The van der Waals surface area contributed by atoms with E-state index in [1.807, 2.05) is 0 Å². The molecule has 32 heavy (non-hydrogen) atoms. The van der Waals surface area contributed by atoms with Gasteiger partial charge in [0.15, 0.2) is 0 Å². The quantitative estimate of drug-likeness (QED) is 0.368. The smallest absolute Gasteiger partial charge is 0.147 e. The van der Waals surface area contributed by atoms with Gasteiger partial charge in [0.1, 0.15) is 0 Å². The van der Waals surface area contributed by atoms with Crippen LogP contribution < -0.4 is 0 Å². The van der Waals surface area contributed by atoms with Crippen molar-refractivity contribution >= 4 is 28.6 Å². The van der Waals surface area contributed by atoms with E-state index >= 15 is 0 Å². The van der Waals surface area contributed by atoms with Crippen LogP contribution in [0.3, 0.4) is 0 Å². The summed E-state index contributed by atoms with van der Waals surface area (Å²) in [4.78, 5) is 0. The molecule has 0 fully saturated rings. The fraction of sp³-hybridized carbons (Fsp3) is 0.276. The van der Waals surface area contributed by atoms with Gasteiger partial charge in [0.2, 0.25) is 0 Å². The van der Waals surface area contributed by atoms with Crippen molar-refractivity contribution in [1.29, 1.82) is 0 Å². The molecule has 4 rings (SSSR count). The zero-order valence-corrected chi connectivity index (χ0v) is 23.2. The van der Waals surface area contributed by atoms with Crippen LogP contribution in [0, 0.1) is 0 Å². The molecule has 0 aromatic heterocycles. The van der Waals surface area contributed by atoms with E-state index in [0.29, 0.717) is 0 Å². The van der Waals surface area contributed by atoms with E-state index in [0.717, 1.165) is 12.8 Å². The van der Waals surface area contributed by atoms with Crippen molar-refractivity contribution in [1.82, 2.24) is 0 Å². The summed E-state index contributed by atoms with van der Waals surface area (Å²) in [5.74, 6) is 0. The van der Waals surface area contributed by atoms with Crippen molar-refractivity contribution in [2.45, 2.75) is 54.4 Å². The fourth-order valence-corrected chi connectivity index (χ4v) is 10.9. The first-order valence-electron chi connectivity index (χ1n) is 11.0. The maximum Gasteiger partial charge on any atom is -0.147 e. The summed E-state index contributed by atoms with van der Waals surface area (Å²) in [6, 6.07) is 22.4. The summed E-state index contributed by atoms with van der Waals surface area (Å²) in [5, 5.41) is 0. The molecule has 0 heterocycles. The molecule has 2 aromatic rings. The van der Waals surface area contributed by atoms with Gasteiger partial charge in [-0.2, -0.15) is 0 Å². The molecule has 0 saturated heterocycles. The molecule has 0 bridgehead atoms. The monoisotopic (exact) mass is 500 g/mol. The summed E-state index contributed by atoms with van der Waals surface area (Å²) in [6.07, 6.45) is 2.32. The molecule has 0 nitrogen and oxygen atoms in total. The first kappa shape index (κ1) is 26.8.